The van der Waals surface area contributed by atoms with Crippen molar-refractivity contribution in [1.82, 2.24) is 0 Å². The Kier molecular flexibility index (Phi) is 4.22. The molecule has 2 nitrogen and oxygen atoms in total. The monoisotopic (exact) mass is 220 g/mol. The highest BCUT2D eigenvalue weighted by molar-refractivity contribution is 5.71. The molecule has 1 aromatic carbocycles. The molecule has 90 valence electrons. The van der Waals surface area contributed by atoms with Crippen LogP contribution in [0.2, 0.25) is 0 Å². The van der Waals surface area contributed by atoms with E-state index in [1.54, 1.807) is 0 Å². The Morgan fingerprint density at radius 2 is 1.81 bits per heavy atom. The zero-order chi connectivity index (χ0) is 12.3. The smallest absolute Gasteiger partial charge is 0.0605 e. The molecular formula is C14H24N2. The summed E-state index contributed by atoms with van der Waals surface area (Å²) < 4.78 is 0. The standard InChI is InChI=1S/C14H24N2/c1-10(2)9-16(11(3)4)13-8-6-7-12(5)14(13)15/h6-8,10-11H,9,15H2,1-5H3. The SMILES string of the molecule is Cc1cccc(N(CC(C)C)C(C)C)c1N. The van der Waals surface area contributed by atoms with Crippen LogP contribution < -0.4 is 10.6 Å². The number of nitrogens with zero attached hydrogens (tertiary/aromatic N) is 1. The summed E-state index contributed by atoms with van der Waals surface area (Å²) in [7, 11) is 0. The van der Waals surface area contributed by atoms with E-state index in [1.807, 2.05) is 0 Å². The number of nitrogens with two attached hydrogens (primary N) is 1. The molecule has 0 spiro atoms. The first-order valence-electron chi connectivity index (χ1n) is 6.05. The van der Waals surface area contributed by atoms with Gasteiger partial charge in [-0.2, -0.15) is 0 Å². The van der Waals surface area contributed by atoms with Gasteiger partial charge in [0.05, 0.1) is 11.4 Å². The van der Waals surface area contributed by atoms with Crippen molar-refractivity contribution in [1.29, 1.82) is 0 Å². The van der Waals surface area contributed by atoms with Crippen LogP contribution in [0, 0.1) is 12.8 Å². The third kappa shape index (κ3) is 2.91. The molecule has 1 aromatic rings. The van der Waals surface area contributed by atoms with Gasteiger partial charge in [-0.1, -0.05) is 26.0 Å². The molecule has 0 radical (unpaired) electrons. The largest absolute Gasteiger partial charge is 0.397 e. The molecule has 0 aliphatic carbocycles. The van der Waals surface area contributed by atoms with Crippen LogP contribution in [0.15, 0.2) is 18.2 Å². The van der Waals surface area contributed by atoms with Crippen LogP contribution in [0.4, 0.5) is 11.4 Å². The first-order valence-corrected chi connectivity index (χ1v) is 6.05. The van der Waals surface area contributed by atoms with Crippen molar-refractivity contribution in [3.63, 3.8) is 0 Å². The number of anilines is 2. The van der Waals surface area contributed by atoms with Gasteiger partial charge in [0.1, 0.15) is 0 Å². The highest BCUT2D eigenvalue weighted by Crippen LogP contribution is 2.28. The van der Waals surface area contributed by atoms with Crippen LogP contribution in [-0.4, -0.2) is 12.6 Å². The predicted octanol–water partition coefficient (Wildman–Crippen LogP) is 3.45. The molecule has 0 aliphatic heterocycles. The maximum Gasteiger partial charge on any atom is 0.0605 e. The number of nitrogen functional groups attached to an aromatic ring is 1. The number of aryl methyl sites for hydroxylation is 1. The minimum absolute atomic E-state index is 0.478. The number of rotatable bonds is 4. The maximum atomic E-state index is 6.16. The van der Waals surface area contributed by atoms with Gasteiger partial charge in [-0.25, -0.2) is 0 Å². The quantitative estimate of drug-likeness (QED) is 0.787. The van der Waals surface area contributed by atoms with Gasteiger partial charge in [-0.3, -0.25) is 0 Å². The minimum atomic E-state index is 0.478. The molecule has 1 rings (SSSR count). The van der Waals surface area contributed by atoms with Gasteiger partial charge in [0.25, 0.3) is 0 Å². The molecule has 0 atom stereocenters. The molecule has 0 saturated heterocycles. The summed E-state index contributed by atoms with van der Waals surface area (Å²) in [5.74, 6) is 0.641. The second-order valence-electron chi connectivity index (χ2n) is 5.15. The van der Waals surface area contributed by atoms with Crippen molar-refractivity contribution in [2.75, 3.05) is 17.2 Å². The molecule has 0 fully saturated rings. The van der Waals surface area contributed by atoms with Gasteiger partial charge < -0.3 is 10.6 Å². The van der Waals surface area contributed by atoms with Crippen LogP contribution in [0.3, 0.4) is 0 Å². The van der Waals surface area contributed by atoms with Gasteiger partial charge in [0, 0.05) is 12.6 Å². The van der Waals surface area contributed by atoms with Crippen LogP contribution in [-0.2, 0) is 0 Å². The average molecular weight is 220 g/mol. The Labute approximate surface area is 99.5 Å². The van der Waals surface area contributed by atoms with Crippen molar-refractivity contribution < 1.29 is 0 Å². The summed E-state index contributed by atoms with van der Waals surface area (Å²) in [5, 5.41) is 0. The minimum Gasteiger partial charge on any atom is -0.397 e. The van der Waals surface area contributed by atoms with E-state index in [1.165, 1.54) is 5.69 Å². The fourth-order valence-corrected chi connectivity index (χ4v) is 1.90. The fraction of sp³-hybridized carbons (Fsp3) is 0.571. The number of hydrogen-bond donors (Lipinski definition) is 1. The lowest BCUT2D eigenvalue weighted by Crippen LogP contribution is -2.34. The topological polar surface area (TPSA) is 29.3 Å². The molecule has 0 unspecified atom stereocenters. The number of para-hydroxylation sites is 1. The summed E-state index contributed by atoms with van der Waals surface area (Å²) in [5.41, 5.74) is 9.40. The normalized spacial score (nSPS) is 11.2. The summed E-state index contributed by atoms with van der Waals surface area (Å²) in [6.07, 6.45) is 0. The zero-order valence-electron chi connectivity index (χ0n) is 11.1. The Bertz CT molecular complexity index is 343. The van der Waals surface area contributed by atoms with Gasteiger partial charge in [0.15, 0.2) is 0 Å². The van der Waals surface area contributed by atoms with Gasteiger partial charge >= 0.3 is 0 Å². The first-order chi connectivity index (χ1) is 7.43. The van der Waals surface area contributed by atoms with Crippen LogP contribution in [0.25, 0.3) is 0 Å². The zero-order valence-corrected chi connectivity index (χ0v) is 11.1. The third-order valence-corrected chi connectivity index (χ3v) is 2.80. The predicted molar refractivity (Wildman–Crippen MR) is 72.9 cm³/mol. The Hall–Kier alpha value is -1.18. The number of hydrogen-bond acceptors (Lipinski definition) is 2. The highest BCUT2D eigenvalue weighted by Gasteiger charge is 2.15. The first kappa shape index (κ1) is 12.9. The van der Waals surface area contributed by atoms with Gasteiger partial charge in [-0.05, 0) is 38.3 Å². The Morgan fingerprint density at radius 1 is 1.19 bits per heavy atom. The van der Waals surface area contributed by atoms with Gasteiger partial charge in [-0.15, -0.1) is 0 Å². The third-order valence-electron chi connectivity index (χ3n) is 2.80. The molecule has 0 amide bonds. The van der Waals surface area contributed by atoms with Crippen molar-refractivity contribution in [2.45, 2.75) is 40.7 Å². The van der Waals surface area contributed by atoms with Gasteiger partial charge in [0.2, 0.25) is 0 Å². The Morgan fingerprint density at radius 3 is 2.31 bits per heavy atom. The van der Waals surface area contributed by atoms with Crippen LogP contribution in [0.1, 0.15) is 33.3 Å². The van der Waals surface area contributed by atoms with Crippen molar-refractivity contribution in [3.8, 4) is 0 Å². The molecule has 0 heterocycles. The summed E-state index contributed by atoms with van der Waals surface area (Å²) in [4.78, 5) is 2.38. The molecule has 2 heteroatoms. The summed E-state index contributed by atoms with van der Waals surface area (Å²) in [6.45, 7) is 12.0. The van der Waals surface area contributed by atoms with E-state index in [9.17, 15) is 0 Å². The van der Waals surface area contributed by atoms with Crippen LogP contribution >= 0.6 is 0 Å². The lowest BCUT2D eigenvalue weighted by molar-refractivity contribution is 0.571. The van der Waals surface area contributed by atoms with E-state index in [2.05, 4.69) is 57.7 Å². The lowest BCUT2D eigenvalue weighted by atomic mass is 10.1. The Balaban J connectivity index is 3.06. The van der Waals surface area contributed by atoms with Crippen molar-refractivity contribution in [3.05, 3.63) is 23.8 Å². The van der Waals surface area contributed by atoms with E-state index in [0.717, 1.165) is 17.8 Å². The highest BCUT2D eigenvalue weighted by atomic mass is 15.2. The molecule has 16 heavy (non-hydrogen) atoms. The fourth-order valence-electron chi connectivity index (χ4n) is 1.90. The van der Waals surface area contributed by atoms with Crippen LogP contribution in [0.5, 0.6) is 0 Å². The molecule has 0 bridgehead atoms. The van der Waals surface area contributed by atoms with Crippen molar-refractivity contribution >= 4 is 11.4 Å². The second-order valence-corrected chi connectivity index (χ2v) is 5.15. The summed E-state index contributed by atoms with van der Waals surface area (Å²) >= 11 is 0. The molecular weight excluding hydrogens is 196 g/mol. The second kappa shape index (κ2) is 5.24. The van der Waals surface area contributed by atoms with E-state index in [4.69, 9.17) is 5.73 Å². The molecule has 2 N–H and O–H groups in total. The lowest BCUT2D eigenvalue weighted by Gasteiger charge is -2.32. The van der Waals surface area contributed by atoms with E-state index in [0.29, 0.717) is 12.0 Å². The van der Waals surface area contributed by atoms with Crippen molar-refractivity contribution in [2.24, 2.45) is 5.92 Å². The summed E-state index contributed by atoms with van der Waals surface area (Å²) in [6, 6.07) is 6.74. The van der Waals surface area contributed by atoms with E-state index in [-0.39, 0.29) is 0 Å². The maximum absolute atomic E-state index is 6.16. The van der Waals surface area contributed by atoms with E-state index < -0.39 is 0 Å². The molecule has 0 saturated carbocycles. The average Bonchev–Trinajstić information content (AvgIpc) is 2.18. The number of benzene rings is 1. The molecule has 0 aliphatic rings. The van der Waals surface area contributed by atoms with E-state index >= 15 is 0 Å². The molecule has 0 aromatic heterocycles.